The molecule has 4 N–H and O–H groups in total. The maximum Gasteiger partial charge on any atom is 0.401 e. The van der Waals surface area contributed by atoms with Crippen molar-refractivity contribution in [2.75, 3.05) is 13.1 Å². The normalized spacial score (nSPS) is 32.5. The second kappa shape index (κ2) is 10.3. The lowest BCUT2D eigenvalue weighted by molar-refractivity contribution is -0.147. The third-order valence-electron chi connectivity index (χ3n) is 8.94. The molecule has 0 bridgehead atoms. The third kappa shape index (κ3) is 6.07. The number of carbonyl (C=O) groups excluding carboxylic acids is 2. The maximum absolute atomic E-state index is 13.7. The molecule has 208 valence electrons. The zero-order valence-electron chi connectivity index (χ0n) is 21.9. The average molecular weight is 528 g/mol. The van der Waals surface area contributed by atoms with Gasteiger partial charge in [0.1, 0.15) is 18.3 Å². The van der Waals surface area contributed by atoms with Gasteiger partial charge in [0, 0.05) is 18.0 Å². The molecule has 4 fully saturated rings. The molecule has 37 heavy (non-hydrogen) atoms. The lowest BCUT2D eigenvalue weighted by atomic mass is 9.74. The Labute approximate surface area is 216 Å². The molecular weight excluding hydrogens is 487 g/mol. The number of alkyl halides is 3. The number of nitrogens with zero attached hydrogens (tertiary/aromatic N) is 2. The number of amides is 2. The minimum atomic E-state index is -4.47. The molecule has 7 unspecified atom stereocenters. The summed E-state index contributed by atoms with van der Waals surface area (Å²) in [5.41, 5.74) is -0.870. The average Bonchev–Trinajstić information content (AvgIpc) is 3.44. The van der Waals surface area contributed by atoms with Crippen molar-refractivity contribution in [1.29, 1.82) is 5.26 Å². The molecule has 2 saturated heterocycles. The Bertz CT molecular complexity index is 911. The standard InChI is InChI=1S/C26H40F3N5O3/c1-24(2,3)20(31-14-26(27,28)29)23(37)34-13-15-6-4-7-18(15)19(34)22(36)32-17(12-30)10-16-11-25(8-5-9-25)33-21(16)35/h15-21,31,33,35H,4-11,13-14H2,1-3H3,(H,32,36). The summed E-state index contributed by atoms with van der Waals surface area (Å²) in [5, 5.41) is 28.8. The van der Waals surface area contributed by atoms with Gasteiger partial charge in [0.2, 0.25) is 11.8 Å². The Morgan fingerprint density at radius 2 is 1.92 bits per heavy atom. The van der Waals surface area contributed by atoms with Crippen LogP contribution < -0.4 is 16.0 Å². The lowest BCUT2D eigenvalue weighted by Crippen LogP contribution is -2.59. The first-order valence-electron chi connectivity index (χ1n) is 13.5. The van der Waals surface area contributed by atoms with Crippen LogP contribution in [0.4, 0.5) is 13.2 Å². The van der Waals surface area contributed by atoms with Gasteiger partial charge in [-0.25, -0.2) is 0 Å². The summed E-state index contributed by atoms with van der Waals surface area (Å²) >= 11 is 0. The number of carbonyl (C=O) groups is 2. The number of hydrogen-bond acceptors (Lipinski definition) is 6. The van der Waals surface area contributed by atoms with E-state index in [9.17, 15) is 33.1 Å². The van der Waals surface area contributed by atoms with Crippen molar-refractivity contribution in [2.24, 2.45) is 23.2 Å². The summed E-state index contributed by atoms with van der Waals surface area (Å²) in [6, 6.07) is -0.625. The van der Waals surface area contributed by atoms with E-state index in [2.05, 4.69) is 22.0 Å². The van der Waals surface area contributed by atoms with Crippen molar-refractivity contribution < 1.29 is 27.9 Å². The summed E-state index contributed by atoms with van der Waals surface area (Å²) in [6.45, 7) is 4.13. The van der Waals surface area contributed by atoms with Gasteiger partial charge in [-0.15, -0.1) is 0 Å². The minimum Gasteiger partial charge on any atom is -0.378 e. The number of hydrogen-bond donors (Lipinski definition) is 4. The summed E-state index contributed by atoms with van der Waals surface area (Å²) in [4.78, 5) is 28.7. The van der Waals surface area contributed by atoms with E-state index in [0.29, 0.717) is 13.0 Å². The molecule has 4 rings (SSSR count). The molecule has 2 heterocycles. The molecule has 2 aliphatic heterocycles. The smallest absolute Gasteiger partial charge is 0.378 e. The maximum atomic E-state index is 13.7. The van der Waals surface area contributed by atoms with Crippen LogP contribution in [0.25, 0.3) is 0 Å². The number of likely N-dealkylation sites (tertiary alicyclic amines) is 1. The Morgan fingerprint density at radius 3 is 2.46 bits per heavy atom. The predicted molar refractivity (Wildman–Crippen MR) is 130 cm³/mol. The molecule has 0 aromatic heterocycles. The van der Waals surface area contributed by atoms with Gasteiger partial charge in [-0.3, -0.25) is 20.2 Å². The lowest BCUT2D eigenvalue weighted by Gasteiger charge is -2.38. The minimum absolute atomic E-state index is 0.0643. The zero-order valence-corrected chi connectivity index (χ0v) is 21.9. The number of fused-ring (bicyclic) bond motifs is 1. The predicted octanol–water partition coefficient (Wildman–Crippen LogP) is 2.43. The highest BCUT2D eigenvalue weighted by atomic mass is 19.4. The number of rotatable bonds is 7. The van der Waals surface area contributed by atoms with E-state index in [1.54, 1.807) is 20.8 Å². The van der Waals surface area contributed by atoms with Crippen LogP contribution in [0.2, 0.25) is 0 Å². The van der Waals surface area contributed by atoms with Gasteiger partial charge in [0.15, 0.2) is 0 Å². The molecule has 0 aromatic carbocycles. The fraction of sp³-hybridized carbons (Fsp3) is 0.885. The number of halogens is 3. The molecule has 4 aliphatic rings. The van der Waals surface area contributed by atoms with Crippen LogP contribution in [-0.4, -0.2) is 71.0 Å². The SMILES string of the molecule is CC(C)(C)C(NCC(F)(F)F)C(=O)N1CC2CCCC2C1C(=O)NC(C#N)CC1CC2(CCC2)NC1O. The van der Waals surface area contributed by atoms with E-state index in [1.165, 1.54) is 4.90 Å². The fourth-order valence-corrected chi connectivity index (χ4v) is 6.99. The Hall–Kier alpha value is -1.90. The van der Waals surface area contributed by atoms with Gasteiger partial charge in [-0.1, -0.05) is 27.2 Å². The van der Waals surface area contributed by atoms with Gasteiger partial charge in [0.05, 0.1) is 18.7 Å². The first-order valence-corrected chi connectivity index (χ1v) is 13.5. The summed E-state index contributed by atoms with van der Waals surface area (Å²) in [5.74, 6) is -1.08. The van der Waals surface area contributed by atoms with Gasteiger partial charge < -0.3 is 15.3 Å². The topological polar surface area (TPSA) is 117 Å². The number of nitrogens with one attached hydrogen (secondary N) is 3. The molecule has 2 amide bonds. The molecular formula is C26H40F3N5O3. The monoisotopic (exact) mass is 527 g/mol. The van der Waals surface area contributed by atoms with Crippen LogP contribution in [0, 0.1) is 34.5 Å². The quantitative estimate of drug-likeness (QED) is 0.404. The van der Waals surface area contributed by atoms with Crippen molar-refractivity contribution in [1.82, 2.24) is 20.9 Å². The first kappa shape index (κ1) is 28.1. The van der Waals surface area contributed by atoms with Crippen LogP contribution in [0.3, 0.4) is 0 Å². The van der Waals surface area contributed by atoms with Crippen LogP contribution in [0.5, 0.6) is 0 Å². The Morgan fingerprint density at radius 1 is 1.22 bits per heavy atom. The molecule has 0 radical (unpaired) electrons. The van der Waals surface area contributed by atoms with E-state index in [4.69, 9.17) is 0 Å². The van der Waals surface area contributed by atoms with Gasteiger partial charge in [-0.05, 0) is 62.2 Å². The molecule has 7 atom stereocenters. The highest BCUT2D eigenvalue weighted by Crippen LogP contribution is 2.45. The van der Waals surface area contributed by atoms with Crippen molar-refractivity contribution in [3.8, 4) is 6.07 Å². The molecule has 1 spiro atoms. The molecule has 2 aliphatic carbocycles. The van der Waals surface area contributed by atoms with Crippen LogP contribution >= 0.6 is 0 Å². The Balaban J connectivity index is 1.47. The number of nitriles is 1. The van der Waals surface area contributed by atoms with Gasteiger partial charge in [-0.2, -0.15) is 18.4 Å². The van der Waals surface area contributed by atoms with Crippen molar-refractivity contribution in [2.45, 2.75) is 108 Å². The summed E-state index contributed by atoms with van der Waals surface area (Å²) < 4.78 is 39.0. The van der Waals surface area contributed by atoms with E-state index < -0.39 is 54.3 Å². The molecule has 11 heteroatoms. The van der Waals surface area contributed by atoms with Crippen LogP contribution in [-0.2, 0) is 9.59 Å². The second-order valence-corrected chi connectivity index (χ2v) is 12.7. The third-order valence-corrected chi connectivity index (χ3v) is 8.94. The van der Waals surface area contributed by atoms with Gasteiger partial charge in [0.25, 0.3) is 0 Å². The van der Waals surface area contributed by atoms with Crippen molar-refractivity contribution >= 4 is 11.8 Å². The fourth-order valence-electron chi connectivity index (χ4n) is 6.99. The molecule has 0 aromatic rings. The number of aliphatic hydroxyl groups excluding tert-OH is 1. The molecule has 2 saturated carbocycles. The highest BCUT2D eigenvalue weighted by Gasteiger charge is 2.52. The van der Waals surface area contributed by atoms with E-state index in [-0.39, 0.29) is 23.3 Å². The Kier molecular flexibility index (Phi) is 7.86. The molecule has 8 nitrogen and oxygen atoms in total. The zero-order chi connectivity index (χ0) is 27.2. The summed E-state index contributed by atoms with van der Waals surface area (Å²) in [7, 11) is 0. The van der Waals surface area contributed by atoms with Crippen molar-refractivity contribution in [3.05, 3.63) is 0 Å². The first-order chi connectivity index (χ1) is 17.2. The van der Waals surface area contributed by atoms with Crippen LogP contribution in [0.15, 0.2) is 0 Å². The van der Waals surface area contributed by atoms with E-state index in [0.717, 1.165) is 44.9 Å². The van der Waals surface area contributed by atoms with Crippen LogP contribution in [0.1, 0.15) is 72.1 Å². The van der Waals surface area contributed by atoms with Crippen molar-refractivity contribution in [3.63, 3.8) is 0 Å². The number of aliphatic hydroxyl groups is 1. The summed E-state index contributed by atoms with van der Waals surface area (Å²) in [6.07, 6.45) is 1.47. The van der Waals surface area contributed by atoms with Gasteiger partial charge >= 0.3 is 6.18 Å². The van der Waals surface area contributed by atoms with E-state index >= 15 is 0 Å². The highest BCUT2D eigenvalue weighted by molar-refractivity contribution is 5.91. The second-order valence-electron chi connectivity index (χ2n) is 12.7. The van der Waals surface area contributed by atoms with E-state index in [1.807, 2.05) is 0 Å². The largest absolute Gasteiger partial charge is 0.401 e.